The molecule has 0 radical (unpaired) electrons. The minimum absolute atomic E-state index is 0.327. The van der Waals surface area contributed by atoms with Crippen molar-refractivity contribution in [2.24, 2.45) is 0 Å². The van der Waals surface area contributed by atoms with Crippen molar-refractivity contribution < 1.29 is 8.94 Å². The Morgan fingerprint density at radius 3 is 2.74 bits per heavy atom. The minimum Gasteiger partial charge on any atom is -0.461 e. The van der Waals surface area contributed by atoms with Crippen LogP contribution in [0.4, 0.5) is 0 Å². The van der Waals surface area contributed by atoms with E-state index in [0.717, 1.165) is 17.1 Å². The van der Waals surface area contributed by atoms with E-state index in [4.69, 9.17) is 20.5 Å². The average molecular weight is 332 g/mol. The fraction of sp³-hybridized carbons (Fsp3) is 0.294. The quantitative estimate of drug-likeness (QED) is 0.670. The molecule has 0 saturated carbocycles. The minimum atomic E-state index is 0.327. The highest BCUT2D eigenvalue weighted by atomic mass is 35.5. The standard InChI is InChI=1S/C17H18ClN3O2/c1-12(2)21(10-13-5-3-6-14(18)9-13)11-16-19-17(20-23-16)15-7-4-8-22-15/h3-9,12H,10-11H2,1-2H3. The van der Waals surface area contributed by atoms with E-state index in [1.54, 1.807) is 18.4 Å². The van der Waals surface area contributed by atoms with Crippen molar-refractivity contribution in [3.63, 3.8) is 0 Å². The van der Waals surface area contributed by atoms with Gasteiger partial charge in [0.1, 0.15) is 0 Å². The van der Waals surface area contributed by atoms with Gasteiger partial charge < -0.3 is 8.94 Å². The summed E-state index contributed by atoms with van der Waals surface area (Å²) in [5.41, 5.74) is 1.15. The Morgan fingerprint density at radius 2 is 2.04 bits per heavy atom. The third kappa shape index (κ3) is 4.00. The topological polar surface area (TPSA) is 55.3 Å². The van der Waals surface area contributed by atoms with Crippen LogP contribution in [0.3, 0.4) is 0 Å². The van der Waals surface area contributed by atoms with Gasteiger partial charge in [-0.25, -0.2) is 0 Å². The third-order valence-electron chi connectivity index (χ3n) is 3.55. The number of rotatable bonds is 6. The van der Waals surface area contributed by atoms with Gasteiger partial charge >= 0.3 is 0 Å². The summed E-state index contributed by atoms with van der Waals surface area (Å²) in [7, 11) is 0. The summed E-state index contributed by atoms with van der Waals surface area (Å²) >= 11 is 6.06. The first kappa shape index (κ1) is 15.8. The summed E-state index contributed by atoms with van der Waals surface area (Å²) in [6.45, 7) is 5.59. The van der Waals surface area contributed by atoms with Crippen LogP contribution in [-0.4, -0.2) is 21.1 Å². The van der Waals surface area contributed by atoms with Crippen LogP contribution in [0.15, 0.2) is 51.6 Å². The summed E-state index contributed by atoms with van der Waals surface area (Å²) in [6.07, 6.45) is 1.59. The zero-order valence-electron chi connectivity index (χ0n) is 13.1. The first-order chi connectivity index (χ1) is 11.1. The van der Waals surface area contributed by atoms with Gasteiger partial charge in [-0.3, -0.25) is 4.90 Å². The molecule has 2 aromatic heterocycles. The van der Waals surface area contributed by atoms with Crippen LogP contribution >= 0.6 is 11.6 Å². The Balaban J connectivity index is 1.72. The van der Waals surface area contributed by atoms with Gasteiger partial charge in [-0.15, -0.1) is 0 Å². The molecule has 0 atom stereocenters. The van der Waals surface area contributed by atoms with Crippen LogP contribution in [0, 0.1) is 0 Å². The Bertz CT molecular complexity index is 753. The second-order valence-corrected chi connectivity index (χ2v) is 6.05. The van der Waals surface area contributed by atoms with E-state index < -0.39 is 0 Å². The maximum Gasteiger partial charge on any atom is 0.241 e. The van der Waals surface area contributed by atoms with Crippen LogP contribution in [-0.2, 0) is 13.1 Å². The van der Waals surface area contributed by atoms with Crippen LogP contribution in [0.1, 0.15) is 25.3 Å². The van der Waals surface area contributed by atoms with E-state index in [2.05, 4.69) is 35.0 Å². The largest absolute Gasteiger partial charge is 0.461 e. The Hall–Kier alpha value is -2.11. The number of hydrogen-bond acceptors (Lipinski definition) is 5. The lowest BCUT2D eigenvalue weighted by Crippen LogP contribution is -2.30. The van der Waals surface area contributed by atoms with Crippen LogP contribution in [0.5, 0.6) is 0 Å². The zero-order chi connectivity index (χ0) is 16.2. The SMILES string of the molecule is CC(C)N(Cc1cccc(Cl)c1)Cc1nc(-c2ccco2)no1. The van der Waals surface area contributed by atoms with Gasteiger partial charge in [0.25, 0.3) is 0 Å². The number of benzene rings is 1. The molecule has 23 heavy (non-hydrogen) atoms. The van der Waals surface area contributed by atoms with Crippen molar-refractivity contribution in [1.29, 1.82) is 0 Å². The molecule has 0 fully saturated rings. The van der Waals surface area contributed by atoms with Crippen LogP contribution in [0.2, 0.25) is 5.02 Å². The molecule has 120 valence electrons. The molecule has 0 aliphatic heterocycles. The van der Waals surface area contributed by atoms with Crippen molar-refractivity contribution >= 4 is 11.6 Å². The zero-order valence-corrected chi connectivity index (χ0v) is 13.8. The fourth-order valence-electron chi connectivity index (χ4n) is 2.29. The van der Waals surface area contributed by atoms with Crippen LogP contribution in [0.25, 0.3) is 11.6 Å². The average Bonchev–Trinajstić information content (AvgIpc) is 3.17. The van der Waals surface area contributed by atoms with E-state index in [1.807, 2.05) is 18.2 Å². The molecular formula is C17H18ClN3O2. The Kier molecular flexibility index (Phi) is 4.79. The lowest BCUT2D eigenvalue weighted by Gasteiger charge is -2.24. The maximum atomic E-state index is 6.06. The molecule has 0 unspecified atom stereocenters. The Labute approximate surface area is 139 Å². The van der Waals surface area contributed by atoms with Gasteiger partial charge in [0.15, 0.2) is 5.76 Å². The fourth-order valence-corrected chi connectivity index (χ4v) is 2.50. The lowest BCUT2D eigenvalue weighted by molar-refractivity contribution is 0.176. The van der Waals surface area contributed by atoms with Gasteiger partial charge in [-0.2, -0.15) is 4.98 Å². The van der Waals surface area contributed by atoms with Gasteiger partial charge in [0.05, 0.1) is 12.8 Å². The normalized spacial score (nSPS) is 11.5. The van der Waals surface area contributed by atoms with Crippen molar-refractivity contribution in [3.05, 3.63) is 59.1 Å². The first-order valence-corrected chi connectivity index (χ1v) is 7.84. The molecule has 0 aliphatic rings. The smallest absolute Gasteiger partial charge is 0.241 e. The number of nitrogens with zero attached hydrogens (tertiary/aromatic N) is 3. The second kappa shape index (κ2) is 6.98. The molecule has 5 nitrogen and oxygen atoms in total. The summed E-state index contributed by atoms with van der Waals surface area (Å²) in [5, 5.41) is 4.70. The predicted molar refractivity (Wildman–Crippen MR) is 87.8 cm³/mol. The molecule has 0 saturated heterocycles. The molecule has 3 rings (SSSR count). The maximum absolute atomic E-state index is 6.06. The third-order valence-corrected chi connectivity index (χ3v) is 3.79. The Morgan fingerprint density at radius 1 is 1.17 bits per heavy atom. The molecule has 6 heteroatoms. The number of aromatic nitrogens is 2. The number of hydrogen-bond donors (Lipinski definition) is 0. The molecule has 0 spiro atoms. The van der Waals surface area contributed by atoms with Crippen molar-refractivity contribution in [3.8, 4) is 11.6 Å². The molecule has 0 amide bonds. The van der Waals surface area contributed by atoms with E-state index in [9.17, 15) is 0 Å². The molecule has 2 heterocycles. The molecule has 1 aromatic carbocycles. The first-order valence-electron chi connectivity index (χ1n) is 7.47. The second-order valence-electron chi connectivity index (χ2n) is 5.62. The molecule has 0 bridgehead atoms. The number of furan rings is 1. The molecular weight excluding hydrogens is 314 g/mol. The molecule has 0 N–H and O–H groups in total. The van der Waals surface area contributed by atoms with Crippen LogP contribution < -0.4 is 0 Å². The van der Waals surface area contributed by atoms with E-state index in [0.29, 0.717) is 30.1 Å². The van der Waals surface area contributed by atoms with Gasteiger partial charge in [0.2, 0.25) is 11.7 Å². The lowest BCUT2D eigenvalue weighted by atomic mass is 10.2. The van der Waals surface area contributed by atoms with Gasteiger partial charge in [-0.1, -0.05) is 28.9 Å². The molecule has 0 aliphatic carbocycles. The highest BCUT2D eigenvalue weighted by Gasteiger charge is 2.17. The predicted octanol–water partition coefficient (Wildman–Crippen LogP) is 4.39. The monoisotopic (exact) mass is 331 g/mol. The van der Waals surface area contributed by atoms with E-state index in [-0.39, 0.29) is 0 Å². The number of halogens is 1. The highest BCUT2D eigenvalue weighted by Crippen LogP contribution is 2.19. The van der Waals surface area contributed by atoms with Gasteiger partial charge in [0, 0.05) is 17.6 Å². The summed E-state index contributed by atoms with van der Waals surface area (Å²) in [5.74, 6) is 1.63. The van der Waals surface area contributed by atoms with Gasteiger partial charge in [-0.05, 0) is 43.7 Å². The highest BCUT2D eigenvalue weighted by molar-refractivity contribution is 6.30. The van der Waals surface area contributed by atoms with E-state index in [1.165, 1.54) is 0 Å². The van der Waals surface area contributed by atoms with Crippen molar-refractivity contribution in [2.45, 2.75) is 33.0 Å². The van der Waals surface area contributed by atoms with Crippen molar-refractivity contribution in [2.75, 3.05) is 0 Å². The summed E-state index contributed by atoms with van der Waals surface area (Å²) < 4.78 is 10.6. The van der Waals surface area contributed by atoms with E-state index >= 15 is 0 Å². The summed E-state index contributed by atoms with van der Waals surface area (Å²) in [6, 6.07) is 11.8. The summed E-state index contributed by atoms with van der Waals surface area (Å²) in [4.78, 5) is 6.64. The van der Waals surface area contributed by atoms with Crippen molar-refractivity contribution in [1.82, 2.24) is 15.0 Å². The molecule has 3 aromatic rings.